The number of rotatable bonds is 3. The zero-order chi connectivity index (χ0) is 12.4. The summed E-state index contributed by atoms with van der Waals surface area (Å²) >= 11 is 0. The smallest absolute Gasteiger partial charge is 0.138 e. The van der Waals surface area contributed by atoms with Crippen molar-refractivity contribution < 1.29 is 9.15 Å². The van der Waals surface area contributed by atoms with Crippen LogP contribution in [-0.4, -0.2) is 7.11 Å². The fourth-order valence-electron chi connectivity index (χ4n) is 2.25. The van der Waals surface area contributed by atoms with Crippen molar-refractivity contribution in [2.24, 2.45) is 0 Å². The minimum Gasteiger partial charge on any atom is -0.458 e. The molecule has 3 aromatic rings. The quantitative estimate of drug-likeness (QED) is 0.680. The number of furan rings is 1. The van der Waals surface area contributed by atoms with E-state index < -0.39 is 0 Å². The lowest BCUT2D eigenvalue weighted by atomic mass is 10.0. The molecule has 0 spiro atoms. The standard InChI is InChI=1S/C16H14O2/c1-17-11-15-16(12-7-3-2-4-8-12)13-9-5-6-10-14(13)18-15/h2-10H,11H2,1H3. The molecule has 1 aromatic heterocycles. The molecule has 18 heavy (non-hydrogen) atoms. The Balaban J connectivity index is 2.28. The highest BCUT2D eigenvalue weighted by atomic mass is 16.5. The summed E-state index contributed by atoms with van der Waals surface area (Å²) in [6, 6.07) is 18.4. The first kappa shape index (κ1) is 11.1. The molecule has 0 N–H and O–H groups in total. The van der Waals surface area contributed by atoms with E-state index in [2.05, 4.69) is 18.2 Å². The summed E-state index contributed by atoms with van der Waals surface area (Å²) in [5, 5.41) is 1.13. The molecule has 2 heteroatoms. The molecule has 0 saturated carbocycles. The van der Waals surface area contributed by atoms with Crippen molar-refractivity contribution in [1.29, 1.82) is 0 Å². The van der Waals surface area contributed by atoms with Crippen LogP contribution in [0.4, 0.5) is 0 Å². The van der Waals surface area contributed by atoms with Gasteiger partial charge in [0.15, 0.2) is 0 Å². The molecule has 0 atom stereocenters. The Kier molecular flexibility index (Phi) is 2.87. The number of methoxy groups -OCH3 is 1. The SMILES string of the molecule is COCc1oc2ccccc2c1-c1ccccc1. The van der Waals surface area contributed by atoms with Crippen LogP contribution in [0.3, 0.4) is 0 Å². The van der Waals surface area contributed by atoms with Crippen molar-refractivity contribution in [2.75, 3.05) is 7.11 Å². The van der Waals surface area contributed by atoms with Crippen LogP contribution < -0.4 is 0 Å². The molecule has 0 aliphatic heterocycles. The largest absolute Gasteiger partial charge is 0.458 e. The number of hydrogen-bond acceptors (Lipinski definition) is 2. The molecule has 0 bridgehead atoms. The molecule has 0 fully saturated rings. The summed E-state index contributed by atoms with van der Waals surface area (Å²) in [5.74, 6) is 0.880. The summed E-state index contributed by atoms with van der Waals surface area (Å²) in [7, 11) is 1.68. The molecule has 0 aliphatic rings. The van der Waals surface area contributed by atoms with E-state index in [-0.39, 0.29) is 0 Å². The van der Waals surface area contributed by atoms with Gasteiger partial charge in [-0.1, -0.05) is 48.5 Å². The zero-order valence-electron chi connectivity index (χ0n) is 10.2. The van der Waals surface area contributed by atoms with Crippen LogP contribution in [0.25, 0.3) is 22.1 Å². The van der Waals surface area contributed by atoms with Crippen molar-refractivity contribution in [3.63, 3.8) is 0 Å². The Morgan fingerprint density at radius 1 is 0.944 bits per heavy atom. The van der Waals surface area contributed by atoms with Gasteiger partial charge >= 0.3 is 0 Å². The van der Waals surface area contributed by atoms with Crippen LogP contribution in [0.5, 0.6) is 0 Å². The topological polar surface area (TPSA) is 22.4 Å². The van der Waals surface area contributed by atoms with E-state index in [1.54, 1.807) is 7.11 Å². The highest BCUT2D eigenvalue weighted by molar-refractivity contribution is 5.95. The molecule has 2 nitrogen and oxygen atoms in total. The van der Waals surface area contributed by atoms with Crippen LogP contribution in [0.2, 0.25) is 0 Å². The second-order valence-electron chi connectivity index (χ2n) is 4.20. The summed E-state index contributed by atoms with van der Waals surface area (Å²) in [6.07, 6.45) is 0. The highest BCUT2D eigenvalue weighted by Crippen LogP contribution is 2.34. The van der Waals surface area contributed by atoms with Crippen molar-refractivity contribution in [2.45, 2.75) is 6.61 Å². The van der Waals surface area contributed by atoms with Gasteiger partial charge in [0.25, 0.3) is 0 Å². The Morgan fingerprint density at radius 3 is 2.44 bits per heavy atom. The van der Waals surface area contributed by atoms with Gasteiger partial charge < -0.3 is 9.15 Å². The Morgan fingerprint density at radius 2 is 1.67 bits per heavy atom. The van der Waals surface area contributed by atoms with E-state index in [4.69, 9.17) is 9.15 Å². The third-order valence-electron chi connectivity index (χ3n) is 3.01. The summed E-state index contributed by atoms with van der Waals surface area (Å²) in [4.78, 5) is 0. The van der Waals surface area contributed by atoms with E-state index >= 15 is 0 Å². The van der Waals surface area contributed by atoms with Crippen LogP contribution in [0.1, 0.15) is 5.76 Å². The van der Waals surface area contributed by atoms with Crippen molar-refractivity contribution in [1.82, 2.24) is 0 Å². The molecule has 0 amide bonds. The van der Waals surface area contributed by atoms with Gasteiger partial charge in [0.05, 0.1) is 0 Å². The first-order chi connectivity index (χ1) is 8.90. The Hall–Kier alpha value is -2.06. The second-order valence-corrected chi connectivity index (χ2v) is 4.20. The maximum absolute atomic E-state index is 5.87. The van der Waals surface area contributed by atoms with Crippen molar-refractivity contribution in [3.05, 3.63) is 60.4 Å². The molecule has 0 aliphatic carbocycles. The fraction of sp³-hybridized carbons (Fsp3) is 0.125. The van der Waals surface area contributed by atoms with E-state index in [9.17, 15) is 0 Å². The van der Waals surface area contributed by atoms with E-state index in [0.717, 1.165) is 27.9 Å². The van der Waals surface area contributed by atoms with Gasteiger partial charge in [-0.25, -0.2) is 0 Å². The van der Waals surface area contributed by atoms with Crippen LogP contribution in [0, 0.1) is 0 Å². The Labute approximate surface area is 106 Å². The summed E-state index contributed by atoms with van der Waals surface area (Å²) in [5.41, 5.74) is 3.20. The van der Waals surface area contributed by atoms with E-state index in [1.165, 1.54) is 0 Å². The van der Waals surface area contributed by atoms with E-state index in [0.29, 0.717) is 6.61 Å². The Bertz CT molecular complexity index is 653. The predicted octanol–water partition coefficient (Wildman–Crippen LogP) is 4.25. The lowest BCUT2D eigenvalue weighted by molar-refractivity contribution is 0.167. The molecule has 0 radical (unpaired) electrons. The van der Waals surface area contributed by atoms with Gasteiger partial charge in [0.1, 0.15) is 18.0 Å². The number of ether oxygens (including phenoxy) is 1. The second kappa shape index (κ2) is 4.67. The molecule has 3 rings (SSSR count). The third-order valence-corrected chi connectivity index (χ3v) is 3.01. The maximum Gasteiger partial charge on any atom is 0.138 e. The van der Waals surface area contributed by atoms with Gasteiger partial charge in [-0.3, -0.25) is 0 Å². The highest BCUT2D eigenvalue weighted by Gasteiger charge is 2.14. The molecule has 90 valence electrons. The lowest BCUT2D eigenvalue weighted by Crippen LogP contribution is -1.87. The molecule has 0 unspecified atom stereocenters. The van der Waals surface area contributed by atoms with Crippen LogP contribution in [-0.2, 0) is 11.3 Å². The van der Waals surface area contributed by atoms with Crippen molar-refractivity contribution in [3.8, 4) is 11.1 Å². The van der Waals surface area contributed by atoms with Crippen LogP contribution in [0.15, 0.2) is 59.0 Å². The van der Waals surface area contributed by atoms with Gasteiger partial charge in [0, 0.05) is 18.1 Å². The lowest BCUT2D eigenvalue weighted by Gasteiger charge is -2.02. The number of benzene rings is 2. The summed E-state index contributed by atoms with van der Waals surface area (Å²) < 4.78 is 11.1. The van der Waals surface area contributed by atoms with Gasteiger partial charge in [0.2, 0.25) is 0 Å². The normalized spacial score (nSPS) is 10.9. The first-order valence-electron chi connectivity index (χ1n) is 5.95. The van der Waals surface area contributed by atoms with Gasteiger partial charge in [-0.15, -0.1) is 0 Å². The van der Waals surface area contributed by atoms with Gasteiger partial charge in [-0.05, 0) is 11.6 Å². The molecule has 1 heterocycles. The number of hydrogen-bond donors (Lipinski definition) is 0. The van der Waals surface area contributed by atoms with E-state index in [1.807, 2.05) is 36.4 Å². The monoisotopic (exact) mass is 238 g/mol. The zero-order valence-corrected chi connectivity index (χ0v) is 10.2. The maximum atomic E-state index is 5.87. The van der Waals surface area contributed by atoms with Crippen molar-refractivity contribution >= 4 is 11.0 Å². The number of fused-ring (bicyclic) bond motifs is 1. The minimum absolute atomic E-state index is 0.485. The molecular weight excluding hydrogens is 224 g/mol. The average molecular weight is 238 g/mol. The fourth-order valence-corrected chi connectivity index (χ4v) is 2.25. The summed E-state index contributed by atoms with van der Waals surface area (Å²) in [6.45, 7) is 0.485. The van der Waals surface area contributed by atoms with Gasteiger partial charge in [-0.2, -0.15) is 0 Å². The first-order valence-corrected chi connectivity index (χ1v) is 5.95. The minimum atomic E-state index is 0.485. The predicted molar refractivity (Wildman–Crippen MR) is 72.4 cm³/mol. The molecular formula is C16H14O2. The average Bonchev–Trinajstić information content (AvgIpc) is 2.78. The van der Waals surface area contributed by atoms with Crippen LogP contribution >= 0.6 is 0 Å². The third kappa shape index (κ3) is 1.81. The molecule has 2 aromatic carbocycles. The molecule has 0 saturated heterocycles. The number of para-hydroxylation sites is 1.